The van der Waals surface area contributed by atoms with Crippen molar-refractivity contribution in [3.05, 3.63) is 34.3 Å². The minimum atomic E-state index is 0.496. The first-order valence-electron chi connectivity index (χ1n) is 6.87. The summed E-state index contributed by atoms with van der Waals surface area (Å²) in [5.41, 5.74) is 1.16. The molecule has 0 saturated heterocycles. The fraction of sp³-hybridized carbons (Fsp3) is 0.571. The molecule has 6 heteroatoms. The van der Waals surface area contributed by atoms with Gasteiger partial charge in [0.2, 0.25) is 0 Å². The molecule has 0 unspecified atom stereocenters. The Hall–Kier alpha value is -1.24. The molecule has 2 aromatic rings. The normalized spacial score (nSPS) is 19.8. The van der Waals surface area contributed by atoms with Gasteiger partial charge in [-0.15, -0.1) is 11.3 Å². The number of methoxy groups -OCH3 is 1. The van der Waals surface area contributed by atoms with Gasteiger partial charge in [0.25, 0.3) is 0 Å². The fourth-order valence-corrected chi connectivity index (χ4v) is 3.40. The lowest BCUT2D eigenvalue weighted by Gasteiger charge is -2.22. The first kappa shape index (κ1) is 13.7. The predicted octanol–water partition coefficient (Wildman–Crippen LogP) is 1.93. The van der Waals surface area contributed by atoms with E-state index < -0.39 is 0 Å². The minimum absolute atomic E-state index is 0.496. The Balaban J connectivity index is 1.76. The summed E-state index contributed by atoms with van der Waals surface area (Å²) in [6.07, 6.45) is 3.95. The molecule has 0 aliphatic carbocycles. The molecule has 1 aliphatic rings. The SMILES string of the molecule is COC[C@@H]1CN(Cc2csc(C)n2)Cc2nccn2C1. The van der Waals surface area contributed by atoms with Gasteiger partial charge in [-0.05, 0) is 6.92 Å². The topological polar surface area (TPSA) is 43.2 Å². The van der Waals surface area contributed by atoms with Crippen LogP contribution in [0.15, 0.2) is 17.8 Å². The van der Waals surface area contributed by atoms with Crippen LogP contribution in [0.5, 0.6) is 0 Å². The van der Waals surface area contributed by atoms with E-state index in [1.807, 2.05) is 6.20 Å². The number of aryl methyl sites for hydroxylation is 1. The van der Waals surface area contributed by atoms with Crippen molar-refractivity contribution < 1.29 is 4.74 Å². The van der Waals surface area contributed by atoms with Crippen molar-refractivity contribution in [2.24, 2.45) is 5.92 Å². The van der Waals surface area contributed by atoms with Gasteiger partial charge in [-0.2, -0.15) is 0 Å². The van der Waals surface area contributed by atoms with Crippen LogP contribution in [0.4, 0.5) is 0 Å². The zero-order valence-corrected chi connectivity index (χ0v) is 12.8. The van der Waals surface area contributed by atoms with Gasteiger partial charge in [-0.3, -0.25) is 4.90 Å². The van der Waals surface area contributed by atoms with Gasteiger partial charge in [-0.25, -0.2) is 9.97 Å². The van der Waals surface area contributed by atoms with Gasteiger partial charge in [-0.1, -0.05) is 0 Å². The van der Waals surface area contributed by atoms with Crippen LogP contribution in [0.2, 0.25) is 0 Å². The van der Waals surface area contributed by atoms with Crippen LogP contribution >= 0.6 is 11.3 Å². The lowest BCUT2D eigenvalue weighted by molar-refractivity contribution is 0.115. The van der Waals surface area contributed by atoms with Gasteiger partial charge < -0.3 is 9.30 Å². The van der Waals surface area contributed by atoms with Gasteiger partial charge in [0.05, 0.1) is 23.9 Å². The van der Waals surface area contributed by atoms with E-state index in [1.165, 1.54) is 0 Å². The fourth-order valence-electron chi connectivity index (χ4n) is 2.80. The summed E-state index contributed by atoms with van der Waals surface area (Å²) in [6.45, 7) is 6.60. The third-order valence-electron chi connectivity index (χ3n) is 3.59. The molecular weight excluding hydrogens is 272 g/mol. The number of rotatable bonds is 4. The Morgan fingerprint density at radius 2 is 2.35 bits per heavy atom. The number of hydrogen-bond donors (Lipinski definition) is 0. The van der Waals surface area contributed by atoms with Crippen LogP contribution in [-0.4, -0.2) is 39.7 Å². The molecule has 0 radical (unpaired) electrons. The standard InChI is InChI=1S/C14H20N4OS/c1-11-16-13(10-20-11)7-17-5-12(9-19-2)6-18-4-3-15-14(18)8-17/h3-4,10,12H,5-9H2,1-2H3/t12-/m1/s1. The molecule has 0 amide bonds. The third kappa shape index (κ3) is 3.08. The molecule has 3 rings (SSSR count). The van der Waals surface area contributed by atoms with Crippen molar-refractivity contribution in [3.63, 3.8) is 0 Å². The highest BCUT2D eigenvalue weighted by Crippen LogP contribution is 2.18. The number of fused-ring (bicyclic) bond motifs is 1. The van der Waals surface area contributed by atoms with E-state index >= 15 is 0 Å². The molecular formula is C14H20N4OS. The molecule has 108 valence electrons. The van der Waals surface area contributed by atoms with E-state index in [0.717, 1.165) is 49.3 Å². The Kier molecular flexibility index (Phi) is 4.14. The van der Waals surface area contributed by atoms with Crippen molar-refractivity contribution in [2.75, 3.05) is 20.3 Å². The highest BCUT2D eigenvalue weighted by Gasteiger charge is 2.22. The lowest BCUT2D eigenvalue weighted by atomic mass is 10.1. The summed E-state index contributed by atoms with van der Waals surface area (Å²) >= 11 is 1.71. The predicted molar refractivity (Wildman–Crippen MR) is 78.6 cm³/mol. The van der Waals surface area contributed by atoms with E-state index in [1.54, 1.807) is 18.4 Å². The number of ether oxygens (including phenoxy) is 1. The number of hydrogen-bond acceptors (Lipinski definition) is 5. The quantitative estimate of drug-likeness (QED) is 0.863. The lowest BCUT2D eigenvalue weighted by Crippen LogP contribution is -2.29. The molecule has 0 N–H and O–H groups in total. The van der Waals surface area contributed by atoms with E-state index in [2.05, 4.69) is 37.9 Å². The van der Waals surface area contributed by atoms with E-state index in [9.17, 15) is 0 Å². The van der Waals surface area contributed by atoms with Crippen LogP contribution < -0.4 is 0 Å². The number of nitrogens with zero attached hydrogens (tertiary/aromatic N) is 4. The van der Waals surface area contributed by atoms with Crippen molar-refractivity contribution in [3.8, 4) is 0 Å². The first-order valence-corrected chi connectivity index (χ1v) is 7.75. The summed E-state index contributed by atoms with van der Waals surface area (Å²) in [6, 6.07) is 0. The second-order valence-corrected chi connectivity index (χ2v) is 6.41. The second kappa shape index (κ2) is 6.03. The molecule has 0 saturated carbocycles. The molecule has 0 aromatic carbocycles. The smallest absolute Gasteiger partial charge is 0.122 e. The molecule has 1 atom stereocenters. The monoisotopic (exact) mass is 292 g/mol. The van der Waals surface area contributed by atoms with Gasteiger partial charge in [0.15, 0.2) is 0 Å². The maximum atomic E-state index is 5.36. The van der Waals surface area contributed by atoms with Crippen molar-refractivity contribution in [2.45, 2.75) is 26.6 Å². The molecule has 1 aliphatic heterocycles. The average Bonchev–Trinajstić information content (AvgIpc) is 2.96. The molecule has 5 nitrogen and oxygen atoms in total. The summed E-state index contributed by atoms with van der Waals surface area (Å²) in [5.74, 6) is 1.63. The van der Waals surface area contributed by atoms with Crippen LogP contribution in [0, 0.1) is 12.8 Å². The average molecular weight is 292 g/mol. The largest absolute Gasteiger partial charge is 0.384 e. The molecule has 0 fully saturated rings. The van der Waals surface area contributed by atoms with Crippen LogP contribution in [0.3, 0.4) is 0 Å². The highest BCUT2D eigenvalue weighted by atomic mass is 32.1. The Bertz CT molecular complexity index is 565. The van der Waals surface area contributed by atoms with Crippen LogP contribution in [0.25, 0.3) is 0 Å². The van der Waals surface area contributed by atoms with Crippen LogP contribution in [-0.2, 0) is 24.4 Å². The summed E-state index contributed by atoms with van der Waals surface area (Å²) < 4.78 is 7.60. The first-order chi connectivity index (χ1) is 9.74. The number of thiazole rings is 1. The molecule has 2 aromatic heterocycles. The van der Waals surface area contributed by atoms with Gasteiger partial charge >= 0.3 is 0 Å². The maximum absolute atomic E-state index is 5.36. The number of imidazole rings is 1. The Labute approximate surface area is 123 Å². The minimum Gasteiger partial charge on any atom is -0.384 e. The zero-order chi connectivity index (χ0) is 13.9. The van der Waals surface area contributed by atoms with Gasteiger partial charge in [0, 0.05) is 50.4 Å². The maximum Gasteiger partial charge on any atom is 0.122 e. The van der Waals surface area contributed by atoms with Crippen molar-refractivity contribution in [1.82, 2.24) is 19.4 Å². The van der Waals surface area contributed by atoms with E-state index in [4.69, 9.17) is 4.74 Å². The third-order valence-corrected chi connectivity index (χ3v) is 4.41. The number of aromatic nitrogens is 3. The molecule has 20 heavy (non-hydrogen) atoms. The molecule has 0 bridgehead atoms. The van der Waals surface area contributed by atoms with Crippen LogP contribution in [0.1, 0.15) is 16.5 Å². The second-order valence-electron chi connectivity index (χ2n) is 5.34. The molecule has 0 spiro atoms. The zero-order valence-electron chi connectivity index (χ0n) is 12.0. The Morgan fingerprint density at radius 1 is 1.45 bits per heavy atom. The van der Waals surface area contributed by atoms with Crippen molar-refractivity contribution >= 4 is 11.3 Å². The van der Waals surface area contributed by atoms with E-state index in [0.29, 0.717) is 5.92 Å². The van der Waals surface area contributed by atoms with Gasteiger partial charge in [0.1, 0.15) is 5.82 Å². The van der Waals surface area contributed by atoms with E-state index in [-0.39, 0.29) is 0 Å². The molecule has 3 heterocycles. The summed E-state index contributed by atoms with van der Waals surface area (Å²) in [4.78, 5) is 11.5. The summed E-state index contributed by atoms with van der Waals surface area (Å²) in [7, 11) is 1.77. The van der Waals surface area contributed by atoms with Crippen molar-refractivity contribution in [1.29, 1.82) is 0 Å². The summed E-state index contributed by atoms with van der Waals surface area (Å²) in [5, 5.41) is 3.28. The highest BCUT2D eigenvalue weighted by molar-refractivity contribution is 7.09. The Morgan fingerprint density at radius 3 is 3.10 bits per heavy atom.